The van der Waals surface area contributed by atoms with E-state index in [1.807, 2.05) is 30.3 Å². The molecule has 1 amide bonds. The van der Waals surface area contributed by atoms with E-state index in [4.69, 9.17) is 10.00 Å². The summed E-state index contributed by atoms with van der Waals surface area (Å²) in [6.07, 6.45) is 2.96. The van der Waals surface area contributed by atoms with Gasteiger partial charge in [-0.1, -0.05) is 18.2 Å². The first-order valence-electron chi connectivity index (χ1n) is 6.92. The Hall–Kier alpha value is -3.33. The van der Waals surface area contributed by atoms with Gasteiger partial charge in [0.05, 0.1) is 7.11 Å². The fraction of sp³-hybridized carbons (Fsp3) is 0.118. The summed E-state index contributed by atoms with van der Waals surface area (Å²) in [6.45, 7) is 0.325. The molecule has 2 aromatic rings. The van der Waals surface area contributed by atoms with Crippen molar-refractivity contribution >= 4 is 11.7 Å². The SMILES string of the molecule is COc1ccc(CNC(=O)/C(C#N)=C\Nc2ccccn2)cc1. The van der Waals surface area contributed by atoms with E-state index in [1.165, 1.54) is 6.20 Å². The number of nitrogens with one attached hydrogen (secondary N) is 2. The first-order valence-corrected chi connectivity index (χ1v) is 6.92. The molecule has 0 radical (unpaired) electrons. The van der Waals surface area contributed by atoms with Gasteiger partial charge in [0.1, 0.15) is 23.2 Å². The molecular formula is C17H16N4O2. The number of rotatable bonds is 6. The van der Waals surface area contributed by atoms with E-state index in [-0.39, 0.29) is 5.57 Å². The van der Waals surface area contributed by atoms with Crippen LogP contribution in [-0.4, -0.2) is 18.0 Å². The van der Waals surface area contributed by atoms with Crippen LogP contribution in [-0.2, 0) is 11.3 Å². The molecular weight excluding hydrogens is 292 g/mol. The monoisotopic (exact) mass is 308 g/mol. The van der Waals surface area contributed by atoms with E-state index < -0.39 is 5.91 Å². The quantitative estimate of drug-likeness (QED) is 0.631. The maximum Gasteiger partial charge on any atom is 0.263 e. The molecule has 0 bridgehead atoms. The Morgan fingerprint density at radius 3 is 2.70 bits per heavy atom. The molecule has 0 atom stereocenters. The minimum absolute atomic E-state index is 0.0239. The lowest BCUT2D eigenvalue weighted by atomic mass is 10.2. The number of methoxy groups -OCH3 is 1. The Morgan fingerprint density at radius 2 is 2.09 bits per heavy atom. The van der Waals surface area contributed by atoms with Crippen molar-refractivity contribution in [2.75, 3.05) is 12.4 Å². The Balaban J connectivity index is 1.93. The summed E-state index contributed by atoms with van der Waals surface area (Å²) in [7, 11) is 1.59. The van der Waals surface area contributed by atoms with E-state index in [0.717, 1.165) is 11.3 Å². The molecule has 6 heteroatoms. The first-order chi connectivity index (χ1) is 11.2. The molecule has 0 saturated heterocycles. The minimum atomic E-state index is -0.452. The van der Waals surface area contributed by atoms with Gasteiger partial charge in [-0.15, -0.1) is 0 Å². The van der Waals surface area contributed by atoms with Gasteiger partial charge in [-0.2, -0.15) is 5.26 Å². The summed E-state index contributed by atoms with van der Waals surface area (Å²) in [5.74, 6) is 0.854. The average molecular weight is 308 g/mol. The Morgan fingerprint density at radius 1 is 1.30 bits per heavy atom. The highest BCUT2D eigenvalue weighted by molar-refractivity contribution is 5.97. The Bertz CT molecular complexity index is 719. The van der Waals surface area contributed by atoms with Gasteiger partial charge in [-0.3, -0.25) is 4.79 Å². The molecule has 1 aromatic heterocycles. The summed E-state index contributed by atoms with van der Waals surface area (Å²) in [4.78, 5) is 16.1. The molecule has 0 fully saturated rings. The third kappa shape index (κ3) is 4.86. The number of anilines is 1. The molecule has 0 aliphatic heterocycles. The van der Waals surface area contributed by atoms with Crippen molar-refractivity contribution in [3.05, 3.63) is 66.0 Å². The largest absolute Gasteiger partial charge is 0.497 e. The number of benzene rings is 1. The normalized spacial score (nSPS) is 10.5. The summed E-state index contributed by atoms with van der Waals surface area (Å²) >= 11 is 0. The predicted octanol–water partition coefficient (Wildman–Crippen LogP) is 2.23. The van der Waals surface area contributed by atoms with Crippen LogP contribution in [0.15, 0.2) is 60.4 Å². The number of amides is 1. The lowest BCUT2D eigenvalue weighted by Gasteiger charge is -2.06. The predicted molar refractivity (Wildman–Crippen MR) is 86.4 cm³/mol. The highest BCUT2D eigenvalue weighted by Gasteiger charge is 2.08. The van der Waals surface area contributed by atoms with Gasteiger partial charge in [0.25, 0.3) is 5.91 Å². The van der Waals surface area contributed by atoms with Crippen molar-refractivity contribution in [3.8, 4) is 11.8 Å². The van der Waals surface area contributed by atoms with Gasteiger partial charge in [-0.25, -0.2) is 4.98 Å². The number of nitrogens with zero attached hydrogens (tertiary/aromatic N) is 2. The van der Waals surface area contributed by atoms with Crippen LogP contribution in [0.1, 0.15) is 5.56 Å². The minimum Gasteiger partial charge on any atom is -0.497 e. The van der Waals surface area contributed by atoms with E-state index >= 15 is 0 Å². The second-order valence-corrected chi connectivity index (χ2v) is 4.56. The number of pyridine rings is 1. The molecule has 1 aromatic carbocycles. The number of hydrogen-bond donors (Lipinski definition) is 2. The van der Waals surface area contributed by atoms with Crippen molar-refractivity contribution in [1.82, 2.24) is 10.3 Å². The molecule has 2 rings (SSSR count). The van der Waals surface area contributed by atoms with Crippen LogP contribution in [0.4, 0.5) is 5.82 Å². The molecule has 0 spiro atoms. The Labute approximate surface area is 134 Å². The number of ether oxygens (including phenoxy) is 1. The molecule has 0 unspecified atom stereocenters. The third-order valence-electron chi connectivity index (χ3n) is 3.01. The number of aromatic nitrogens is 1. The standard InChI is InChI=1S/C17H16N4O2/c1-23-15-7-5-13(6-8-15)11-21-17(22)14(10-18)12-20-16-4-2-3-9-19-16/h2-9,12H,11H2,1H3,(H,19,20)(H,21,22)/b14-12-. The van der Waals surface area contributed by atoms with Gasteiger partial charge < -0.3 is 15.4 Å². The van der Waals surface area contributed by atoms with Gasteiger partial charge in [-0.05, 0) is 29.8 Å². The van der Waals surface area contributed by atoms with E-state index in [1.54, 1.807) is 31.5 Å². The molecule has 0 saturated carbocycles. The van der Waals surface area contributed by atoms with Gasteiger partial charge in [0.2, 0.25) is 0 Å². The second-order valence-electron chi connectivity index (χ2n) is 4.56. The molecule has 0 aliphatic rings. The summed E-state index contributed by atoms with van der Waals surface area (Å²) in [6, 6.07) is 14.5. The maximum absolute atomic E-state index is 12.0. The van der Waals surface area contributed by atoms with E-state index in [0.29, 0.717) is 12.4 Å². The molecule has 116 valence electrons. The van der Waals surface area contributed by atoms with Crippen LogP contribution < -0.4 is 15.4 Å². The summed E-state index contributed by atoms with van der Waals surface area (Å²) in [5, 5.41) is 14.6. The number of carbonyl (C=O) groups excluding carboxylic acids is 1. The van der Waals surface area contributed by atoms with Crippen LogP contribution in [0, 0.1) is 11.3 Å². The van der Waals surface area contributed by atoms with Crippen LogP contribution in [0.25, 0.3) is 0 Å². The average Bonchev–Trinajstić information content (AvgIpc) is 2.61. The molecule has 6 nitrogen and oxygen atoms in total. The summed E-state index contributed by atoms with van der Waals surface area (Å²) < 4.78 is 5.07. The van der Waals surface area contributed by atoms with Gasteiger partial charge in [0.15, 0.2) is 0 Å². The second kappa shape index (κ2) is 8.20. The maximum atomic E-state index is 12.0. The van der Waals surface area contributed by atoms with Crippen LogP contribution in [0.3, 0.4) is 0 Å². The summed E-state index contributed by atoms with van der Waals surface area (Å²) in [5.41, 5.74) is 0.887. The van der Waals surface area contributed by atoms with Gasteiger partial charge >= 0.3 is 0 Å². The fourth-order valence-corrected chi connectivity index (χ4v) is 1.76. The van der Waals surface area contributed by atoms with Crippen LogP contribution in [0.5, 0.6) is 5.75 Å². The highest BCUT2D eigenvalue weighted by atomic mass is 16.5. The van der Waals surface area contributed by atoms with E-state index in [9.17, 15) is 4.79 Å². The zero-order valence-corrected chi connectivity index (χ0v) is 12.6. The van der Waals surface area contributed by atoms with Crippen molar-refractivity contribution in [1.29, 1.82) is 5.26 Å². The van der Waals surface area contributed by atoms with Crippen molar-refractivity contribution < 1.29 is 9.53 Å². The topological polar surface area (TPSA) is 87.0 Å². The van der Waals surface area contributed by atoms with Crippen molar-refractivity contribution in [2.45, 2.75) is 6.54 Å². The first kappa shape index (κ1) is 16.0. The van der Waals surface area contributed by atoms with Crippen molar-refractivity contribution in [3.63, 3.8) is 0 Å². The lowest BCUT2D eigenvalue weighted by Crippen LogP contribution is -2.24. The zero-order chi connectivity index (χ0) is 16.5. The molecule has 2 N–H and O–H groups in total. The molecule has 1 heterocycles. The highest BCUT2D eigenvalue weighted by Crippen LogP contribution is 2.11. The van der Waals surface area contributed by atoms with Crippen LogP contribution >= 0.6 is 0 Å². The van der Waals surface area contributed by atoms with Crippen LogP contribution in [0.2, 0.25) is 0 Å². The van der Waals surface area contributed by atoms with Gasteiger partial charge in [0, 0.05) is 18.9 Å². The fourth-order valence-electron chi connectivity index (χ4n) is 1.76. The number of nitriles is 1. The van der Waals surface area contributed by atoms with E-state index in [2.05, 4.69) is 15.6 Å². The lowest BCUT2D eigenvalue weighted by molar-refractivity contribution is -0.117. The van der Waals surface area contributed by atoms with Crippen molar-refractivity contribution in [2.24, 2.45) is 0 Å². The smallest absolute Gasteiger partial charge is 0.263 e. The molecule has 0 aliphatic carbocycles. The Kier molecular flexibility index (Phi) is 5.72. The number of carbonyl (C=O) groups is 1. The zero-order valence-electron chi connectivity index (χ0n) is 12.6. The third-order valence-corrected chi connectivity index (χ3v) is 3.01. The number of hydrogen-bond acceptors (Lipinski definition) is 5. The molecule has 23 heavy (non-hydrogen) atoms.